The van der Waals surface area contributed by atoms with Crippen LogP contribution < -0.4 is 5.32 Å². The predicted octanol–water partition coefficient (Wildman–Crippen LogP) is 1.02. The molecule has 2 amide bonds. The Hall–Kier alpha value is -1.99. The third-order valence-electron chi connectivity index (χ3n) is 4.48. The van der Waals surface area contributed by atoms with Gasteiger partial charge in [0.1, 0.15) is 12.4 Å². The highest BCUT2D eigenvalue weighted by molar-refractivity contribution is 5.86. The van der Waals surface area contributed by atoms with Gasteiger partial charge < -0.3 is 19.7 Å². The van der Waals surface area contributed by atoms with Crippen molar-refractivity contribution in [1.82, 2.24) is 10.2 Å². The summed E-state index contributed by atoms with van der Waals surface area (Å²) in [6.07, 6.45) is 1.11. The monoisotopic (exact) mass is 336 g/mol. The molecule has 24 heavy (non-hydrogen) atoms. The maximum absolute atomic E-state index is 13.2. The minimum Gasteiger partial charge on any atom is -0.376 e. The first kappa shape index (κ1) is 16.9. The van der Waals surface area contributed by atoms with Gasteiger partial charge in [-0.25, -0.2) is 4.39 Å². The Morgan fingerprint density at radius 1 is 1.33 bits per heavy atom. The fraction of sp³-hybridized carbons (Fsp3) is 0.529. The van der Waals surface area contributed by atoms with E-state index in [9.17, 15) is 14.0 Å². The van der Waals surface area contributed by atoms with Crippen LogP contribution in [-0.4, -0.2) is 55.7 Å². The van der Waals surface area contributed by atoms with Gasteiger partial charge in [0.05, 0.1) is 12.1 Å². The SMILES string of the molecule is CN1C(=O)CO[C@H](C(=O)NC[C@@H]2CCCO2)[C@H]1c1ccc(F)cc1. The van der Waals surface area contributed by atoms with Crippen LogP contribution in [0.5, 0.6) is 0 Å². The van der Waals surface area contributed by atoms with Gasteiger partial charge in [0.2, 0.25) is 5.91 Å². The van der Waals surface area contributed by atoms with E-state index in [0.29, 0.717) is 12.1 Å². The molecule has 1 aromatic rings. The Morgan fingerprint density at radius 2 is 2.08 bits per heavy atom. The Labute approximate surface area is 139 Å². The molecule has 1 N–H and O–H groups in total. The summed E-state index contributed by atoms with van der Waals surface area (Å²) in [5.74, 6) is -0.879. The predicted molar refractivity (Wildman–Crippen MR) is 83.6 cm³/mol. The topological polar surface area (TPSA) is 67.9 Å². The molecule has 2 aliphatic rings. The molecule has 2 fully saturated rings. The van der Waals surface area contributed by atoms with E-state index in [-0.39, 0.29) is 30.3 Å². The highest BCUT2D eigenvalue weighted by Gasteiger charge is 2.40. The van der Waals surface area contributed by atoms with Crippen molar-refractivity contribution in [2.24, 2.45) is 0 Å². The van der Waals surface area contributed by atoms with Crippen molar-refractivity contribution in [3.8, 4) is 0 Å². The van der Waals surface area contributed by atoms with Gasteiger partial charge in [-0.15, -0.1) is 0 Å². The lowest BCUT2D eigenvalue weighted by molar-refractivity contribution is -0.162. The molecule has 3 rings (SSSR count). The quantitative estimate of drug-likeness (QED) is 0.891. The highest BCUT2D eigenvalue weighted by Crippen LogP contribution is 2.29. The van der Waals surface area contributed by atoms with Gasteiger partial charge in [0.25, 0.3) is 5.91 Å². The highest BCUT2D eigenvalue weighted by atomic mass is 19.1. The molecule has 0 unspecified atom stereocenters. The smallest absolute Gasteiger partial charge is 0.251 e. The van der Waals surface area contributed by atoms with Crippen LogP contribution >= 0.6 is 0 Å². The molecular formula is C17H21FN2O4. The maximum Gasteiger partial charge on any atom is 0.251 e. The van der Waals surface area contributed by atoms with E-state index >= 15 is 0 Å². The zero-order chi connectivity index (χ0) is 17.1. The van der Waals surface area contributed by atoms with Crippen molar-refractivity contribution < 1.29 is 23.5 Å². The lowest BCUT2D eigenvalue weighted by atomic mass is 9.97. The maximum atomic E-state index is 13.2. The van der Waals surface area contributed by atoms with Gasteiger partial charge in [-0.3, -0.25) is 9.59 Å². The first-order chi connectivity index (χ1) is 11.6. The van der Waals surface area contributed by atoms with Crippen molar-refractivity contribution in [3.63, 3.8) is 0 Å². The fourth-order valence-corrected chi connectivity index (χ4v) is 3.11. The number of hydrogen-bond donors (Lipinski definition) is 1. The number of likely N-dealkylation sites (N-methyl/N-ethyl adjacent to an activating group) is 1. The third kappa shape index (κ3) is 3.57. The molecule has 2 aliphatic heterocycles. The number of nitrogens with zero attached hydrogens (tertiary/aromatic N) is 1. The number of nitrogens with one attached hydrogen (secondary N) is 1. The van der Waals surface area contributed by atoms with E-state index in [4.69, 9.17) is 9.47 Å². The van der Waals surface area contributed by atoms with Crippen LogP contribution in [0.25, 0.3) is 0 Å². The fourth-order valence-electron chi connectivity index (χ4n) is 3.11. The van der Waals surface area contributed by atoms with E-state index in [1.54, 1.807) is 19.2 Å². The molecule has 0 aromatic heterocycles. The van der Waals surface area contributed by atoms with E-state index < -0.39 is 12.1 Å². The summed E-state index contributed by atoms with van der Waals surface area (Å²) in [6, 6.07) is 5.17. The van der Waals surface area contributed by atoms with Crippen LogP contribution in [-0.2, 0) is 19.1 Å². The van der Waals surface area contributed by atoms with Gasteiger partial charge in [0, 0.05) is 20.2 Å². The molecule has 2 saturated heterocycles. The van der Waals surface area contributed by atoms with Crippen molar-refractivity contribution in [1.29, 1.82) is 0 Å². The van der Waals surface area contributed by atoms with Crippen LogP contribution in [0.1, 0.15) is 24.4 Å². The summed E-state index contributed by atoms with van der Waals surface area (Å²) in [5, 5.41) is 2.84. The van der Waals surface area contributed by atoms with E-state index in [2.05, 4.69) is 5.32 Å². The molecule has 0 bridgehead atoms. The molecule has 6 nitrogen and oxygen atoms in total. The molecule has 130 valence electrons. The van der Waals surface area contributed by atoms with Crippen LogP contribution in [0, 0.1) is 5.82 Å². The lowest BCUT2D eigenvalue weighted by Gasteiger charge is -2.38. The Balaban J connectivity index is 1.74. The zero-order valence-corrected chi connectivity index (χ0v) is 13.5. The minimum absolute atomic E-state index is 0.0289. The largest absolute Gasteiger partial charge is 0.376 e. The number of benzene rings is 1. The molecule has 2 heterocycles. The standard InChI is InChI=1S/C17H21FN2O4/c1-20-14(21)10-24-16(15(20)11-4-6-12(18)7-5-11)17(22)19-9-13-3-2-8-23-13/h4-7,13,15-16H,2-3,8-10H2,1H3,(H,19,22)/t13-,15+,16-/m0/s1. The van der Waals surface area contributed by atoms with Crippen molar-refractivity contribution in [3.05, 3.63) is 35.6 Å². The number of rotatable bonds is 4. The number of hydrogen-bond acceptors (Lipinski definition) is 4. The van der Waals surface area contributed by atoms with Crippen LogP contribution in [0.3, 0.4) is 0 Å². The average molecular weight is 336 g/mol. The van der Waals surface area contributed by atoms with E-state index in [0.717, 1.165) is 19.4 Å². The third-order valence-corrected chi connectivity index (χ3v) is 4.48. The van der Waals surface area contributed by atoms with Crippen molar-refractivity contribution in [2.75, 3.05) is 26.8 Å². The second-order valence-electron chi connectivity index (χ2n) is 6.11. The zero-order valence-electron chi connectivity index (χ0n) is 13.5. The van der Waals surface area contributed by atoms with E-state index in [1.165, 1.54) is 17.0 Å². The van der Waals surface area contributed by atoms with Crippen molar-refractivity contribution >= 4 is 11.8 Å². The Morgan fingerprint density at radius 3 is 2.75 bits per heavy atom. The molecule has 3 atom stereocenters. The number of morpholine rings is 1. The normalized spacial score (nSPS) is 27.3. The minimum atomic E-state index is -0.834. The second kappa shape index (κ2) is 7.27. The lowest BCUT2D eigenvalue weighted by Crippen LogP contribution is -2.53. The first-order valence-electron chi connectivity index (χ1n) is 8.08. The number of halogens is 1. The van der Waals surface area contributed by atoms with Crippen molar-refractivity contribution in [2.45, 2.75) is 31.1 Å². The van der Waals surface area contributed by atoms with Gasteiger partial charge in [-0.2, -0.15) is 0 Å². The summed E-state index contributed by atoms with van der Waals surface area (Å²) in [6.45, 7) is 0.995. The van der Waals surface area contributed by atoms with Crippen LogP contribution in [0.15, 0.2) is 24.3 Å². The van der Waals surface area contributed by atoms with Crippen LogP contribution in [0.2, 0.25) is 0 Å². The molecule has 0 aliphatic carbocycles. The Kier molecular flexibility index (Phi) is 5.11. The summed E-state index contributed by atoms with van der Waals surface area (Å²) >= 11 is 0. The number of carbonyl (C=O) groups excluding carboxylic acids is 2. The Bertz CT molecular complexity index is 601. The molecule has 7 heteroatoms. The number of carbonyl (C=O) groups is 2. The number of ether oxygens (including phenoxy) is 2. The summed E-state index contributed by atoms with van der Waals surface area (Å²) in [7, 11) is 1.62. The summed E-state index contributed by atoms with van der Waals surface area (Å²) in [5.41, 5.74) is 0.657. The molecular weight excluding hydrogens is 315 g/mol. The molecule has 1 aromatic carbocycles. The van der Waals surface area contributed by atoms with Gasteiger partial charge in [-0.05, 0) is 30.5 Å². The molecule has 0 spiro atoms. The average Bonchev–Trinajstić information content (AvgIpc) is 3.09. The van der Waals surface area contributed by atoms with Gasteiger partial charge >= 0.3 is 0 Å². The summed E-state index contributed by atoms with van der Waals surface area (Å²) in [4.78, 5) is 26.0. The summed E-state index contributed by atoms with van der Waals surface area (Å²) < 4.78 is 24.2. The molecule has 0 saturated carbocycles. The van der Waals surface area contributed by atoms with Gasteiger partial charge in [-0.1, -0.05) is 12.1 Å². The first-order valence-corrected chi connectivity index (χ1v) is 8.08. The molecule has 0 radical (unpaired) electrons. The number of amides is 2. The van der Waals surface area contributed by atoms with Crippen LogP contribution in [0.4, 0.5) is 4.39 Å². The van der Waals surface area contributed by atoms with E-state index in [1.807, 2.05) is 0 Å². The van der Waals surface area contributed by atoms with Gasteiger partial charge in [0.15, 0.2) is 6.10 Å². The second-order valence-corrected chi connectivity index (χ2v) is 6.11.